The number of carbonyl (C=O) groups is 1. The number of hydrogen-bond donors (Lipinski definition) is 7. The van der Waals surface area contributed by atoms with Crippen molar-refractivity contribution in [2.75, 3.05) is 13.2 Å². The maximum absolute atomic E-state index is 13.0. The van der Waals surface area contributed by atoms with Crippen molar-refractivity contribution in [1.82, 2.24) is 5.32 Å². The van der Waals surface area contributed by atoms with Crippen LogP contribution in [0.2, 0.25) is 0 Å². The standard InChI is InChI=1S/C41H75NO12S/c1-3-5-7-9-11-13-15-17-18-20-22-24-26-28-30-35(45)40(48)42-33(34(44)29-27-25-23-21-19-16-14-12-10-8-6-4-2)32-52-41-38(47)39(54-55(49,50)51)37(46)36(31-43)53-41/h10,12,19,21,27,29,33-39,41,43-47H,3-9,11,13-18,20,22-26,28,30-32H2,1-2H3,(H,42,48)(H,49,50,51)/b12-10+,21-19+,29-27+. The van der Waals surface area contributed by atoms with Crippen LogP contribution in [0.5, 0.6) is 0 Å². The van der Waals surface area contributed by atoms with Crippen molar-refractivity contribution in [2.45, 2.75) is 204 Å². The van der Waals surface area contributed by atoms with E-state index in [9.17, 15) is 38.7 Å². The van der Waals surface area contributed by atoms with E-state index < -0.39 is 78.5 Å². The minimum Gasteiger partial charge on any atom is -0.394 e. The minimum atomic E-state index is -5.12. The van der Waals surface area contributed by atoms with Crippen LogP contribution in [0, 0.1) is 0 Å². The van der Waals surface area contributed by atoms with Crippen LogP contribution in [0.25, 0.3) is 0 Å². The molecule has 1 saturated heterocycles. The van der Waals surface area contributed by atoms with E-state index in [2.05, 4.69) is 47.7 Å². The molecule has 0 aromatic rings. The number of rotatable bonds is 34. The molecule has 7 N–H and O–H groups in total. The van der Waals surface area contributed by atoms with Gasteiger partial charge in [-0.05, 0) is 38.5 Å². The smallest absolute Gasteiger partial charge is 0.394 e. The summed E-state index contributed by atoms with van der Waals surface area (Å²) in [7, 11) is -5.12. The molecule has 1 amide bonds. The van der Waals surface area contributed by atoms with E-state index in [0.717, 1.165) is 44.9 Å². The Morgan fingerprint density at radius 2 is 1.22 bits per heavy atom. The molecule has 0 bridgehead atoms. The molecule has 0 aliphatic carbocycles. The first-order chi connectivity index (χ1) is 26.4. The van der Waals surface area contributed by atoms with Crippen LogP contribution >= 0.6 is 0 Å². The number of aliphatic hydroxyl groups is 5. The summed E-state index contributed by atoms with van der Waals surface area (Å²) in [5, 5.41) is 54.9. The molecule has 1 rings (SSSR count). The second kappa shape index (κ2) is 32.3. The molecule has 55 heavy (non-hydrogen) atoms. The van der Waals surface area contributed by atoms with Crippen LogP contribution < -0.4 is 5.32 Å². The van der Waals surface area contributed by atoms with Crippen molar-refractivity contribution >= 4 is 16.3 Å². The van der Waals surface area contributed by atoms with Gasteiger partial charge in [0.2, 0.25) is 5.91 Å². The number of carbonyl (C=O) groups excluding carboxylic acids is 1. The van der Waals surface area contributed by atoms with Crippen LogP contribution in [-0.4, -0.2) is 107 Å². The molecule has 14 heteroatoms. The first-order valence-corrected chi connectivity index (χ1v) is 22.3. The monoisotopic (exact) mass is 806 g/mol. The van der Waals surface area contributed by atoms with Crippen molar-refractivity contribution in [3.05, 3.63) is 36.5 Å². The Hall–Kier alpha value is -1.72. The van der Waals surface area contributed by atoms with Gasteiger partial charge in [0.1, 0.15) is 30.5 Å². The molecule has 1 heterocycles. The second-order valence-electron chi connectivity index (χ2n) is 14.7. The summed E-state index contributed by atoms with van der Waals surface area (Å²) in [6.45, 7) is 3.11. The lowest BCUT2D eigenvalue weighted by atomic mass is 9.99. The normalized spacial score (nSPS) is 22.5. The summed E-state index contributed by atoms with van der Waals surface area (Å²) in [4.78, 5) is 13.0. The molecular formula is C41H75NO12S. The zero-order chi connectivity index (χ0) is 40.7. The molecule has 1 aliphatic rings. The zero-order valence-electron chi connectivity index (χ0n) is 33.6. The fourth-order valence-corrected chi connectivity index (χ4v) is 6.87. The van der Waals surface area contributed by atoms with Gasteiger partial charge in [0.15, 0.2) is 6.29 Å². The second-order valence-corrected chi connectivity index (χ2v) is 15.8. The molecule has 13 nitrogen and oxygen atoms in total. The summed E-state index contributed by atoms with van der Waals surface area (Å²) < 4.78 is 47.3. The lowest BCUT2D eigenvalue weighted by molar-refractivity contribution is -0.298. The molecule has 1 fully saturated rings. The van der Waals surface area contributed by atoms with E-state index in [1.165, 1.54) is 83.1 Å². The third kappa shape index (κ3) is 25.3. The summed E-state index contributed by atoms with van der Waals surface area (Å²) in [5.41, 5.74) is 0. The van der Waals surface area contributed by atoms with Crippen LogP contribution in [0.4, 0.5) is 0 Å². The topological polar surface area (TPSA) is 212 Å². The number of hydrogen-bond acceptors (Lipinski definition) is 11. The van der Waals surface area contributed by atoms with Crippen molar-refractivity contribution in [3.63, 3.8) is 0 Å². The van der Waals surface area contributed by atoms with E-state index in [1.54, 1.807) is 6.08 Å². The molecule has 0 aromatic carbocycles. The number of amides is 1. The molecule has 0 aromatic heterocycles. The molecule has 0 spiro atoms. The van der Waals surface area contributed by atoms with Gasteiger partial charge in [-0.2, -0.15) is 8.42 Å². The number of ether oxygens (including phenoxy) is 2. The lowest BCUT2D eigenvalue weighted by Gasteiger charge is -2.41. The van der Waals surface area contributed by atoms with Gasteiger partial charge in [0, 0.05) is 0 Å². The van der Waals surface area contributed by atoms with Gasteiger partial charge in [0.25, 0.3) is 0 Å². The van der Waals surface area contributed by atoms with Crippen molar-refractivity contribution in [2.24, 2.45) is 0 Å². The number of aliphatic hydroxyl groups excluding tert-OH is 5. The maximum Gasteiger partial charge on any atom is 0.397 e. The average Bonchev–Trinajstić information content (AvgIpc) is 3.15. The van der Waals surface area contributed by atoms with E-state index in [-0.39, 0.29) is 6.42 Å². The van der Waals surface area contributed by atoms with Gasteiger partial charge in [-0.25, -0.2) is 4.18 Å². The zero-order valence-corrected chi connectivity index (χ0v) is 34.4. The summed E-state index contributed by atoms with van der Waals surface area (Å²) in [6.07, 6.45) is 23.8. The highest BCUT2D eigenvalue weighted by Crippen LogP contribution is 2.26. The quantitative estimate of drug-likeness (QED) is 0.0223. The maximum atomic E-state index is 13.0. The van der Waals surface area contributed by atoms with E-state index in [4.69, 9.17) is 14.0 Å². The largest absolute Gasteiger partial charge is 0.397 e. The summed E-state index contributed by atoms with van der Waals surface area (Å²) in [6, 6.07) is -1.14. The lowest BCUT2D eigenvalue weighted by Crippen LogP contribution is -2.61. The molecule has 0 radical (unpaired) electrons. The van der Waals surface area contributed by atoms with Crippen LogP contribution in [-0.2, 0) is 28.9 Å². The Balaban J connectivity index is 2.68. The number of allylic oxidation sites excluding steroid dienone is 5. The first-order valence-electron chi connectivity index (χ1n) is 21.0. The predicted octanol–water partition coefficient (Wildman–Crippen LogP) is 6.13. The van der Waals surface area contributed by atoms with E-state index in [0.29, 0.717) is 12.8 Å². The van der Waals surface area contributed by atoms with Crippen molar-refractivity contribution in [3.8, 4) is 0 Å². The highest BCUT2D eigenvalue weighted by atomic mass is 32.3. The number of unbranched alkanes of at least 4 members (excludes halogenated alkanes) is 17. The highest BCUT2D eigenvalue weighted by Gasteiger charge is 2.48. The van der Waals surface area contributed by atoms with Crippen molar-refractivity contribution in [1.29, 1.82) is 0 Å². The van der Waals surface area contributed by atoms with Gasteiger partial charge in [-0.15, -0.1) is 0 Å². The van der Waals surface area contributed by atoms with Crippen LogP contribution in [0.1, 0.15) is 155 Å². The van der Waals surface area contributed by atoms with E-state index in [1.807, 2.05) is 0 Å². The Bertz CT molecular complexity index is 1150. The van der Waals surface area contributed by atoms with Crippen LogP contribution in [0.3, 0.4) is 0 Å². The van der Waals surface area contributed by atoms with Gasteiger partial charge < -0.3 is 40.3 Å². The first kappa shape index (κ1) is 51.3. The predicted molar refractivity (Wildman–Crippen MR) is 214 cm³/mol. The van der Waals surface area contributed by atoms with E-state index >= 15 is 0 Å². The van der Waals surface area contributed by atoms with Crippen molar-refractivity contribution < 1.29 is 57.0 Å². The average molecular weight is 806 g/mol. The molecule has 322 valence electrons. The fourth-order valence-electron chi connectivity index (χ4n) is 6.36. The van der Waals surface area contributed by atoms with Crippen LogP contribution in [0.15, 0.2) is 36.5 Å². The van der Waals surface area contributed by atoms with Gasteiger partial charge in [-0.1, -0.05) is 153 Å². The fraction of sp³-hybridized carbons (Fsp3) is 0.829. The summed E-state index contributed by atoms with van der Waals surface area (Å²) >= 11 is 0. The third-order valence-corrected chi connectivity index (χ3v) is 10.2. The summed E-state index contributed by atoms with van der Waals surface area (Å²) in [5.74, 6) is -0.719. The Labute approximate surface area is 331 Å². The van der Waals surface area contributed by atoms with Gasteiger partial charge in [0.05, 0.1) is 25.4 Å². The molecule has 0 saturated carbocycles. The van der Waals surface area contributed by atoms with Gasteiger partial charge >= 0.3 is 10.4 Å². The molecular weight excluding hydrogens is 731 g/mol. The number of nitrogens with one attached hydrogen (secondary N) is 1. The Morgan fingerprint density at radius 3 is 1.73 bits per heavy atom. The Morgan fingerprint density at radius 1 is 0.727 bits per heavy atom. The molecule has 8 unspecified atom stereocenters. The van der Waals surface area contributed by atoms with Gasteiger partial charge in [-0.3, -0.25) is 9.35 Å². The molecule has 8 atom stereocenters. The minimum absolute atomic E-state index is 0.236. The highest BCUT2D eigenvalue weighted by molar-refractivity contribution is 7.80. The molecule has 1 aliphatic heterocycles. The Kier molecular flexibility index (Phi) is 30.1. The third-order valence-electron chi connectivity index (χ3n) is 9.76. The SMILES string of the molecule is CCCC/C=C/CC/C=C/CC/C=C/C(O)C(COC1OC(CO)C(O)C(OS(=O)(=O)O)C1O)NC(=O)C(O)CCCCCCCCCCCCCCCC.